The zero-order valence-corrected chi connectivity index (χ0v) is 16.9. The van der Waals surface area contributed by atoms with Crippen LogP contribution in [0.2, 0.25) is 0 Å². The zero-order chi connectivity index (χ0) is 22.6. The molecule has 0 spiro atoms. The summed E-state index contributed by atoms with van der Waals surface area (Å²) >= 11 is 0. The molecule has 2 unspecified atom stereocenters. The molecule has 2 aromatic rings. The van der Waals surface area contributed by atoms with Crippen LogP contribution in [0, 0.1) is 5.92 Å². The van der Waals surface area contributed by atoms with Gasteiger partial charge in [-0.2, -0.15) is 0 Å². The molecule has 31 heavy (non-hydrogen) atoms. The van der Waals surface area contributed by atoms with Crippen molar-refractivity contribution in [3.63, 3.8) is 0 Å². The molecule has 2 amide bonds. The number of carboxylic acids is 1. The molecule has 0 fully saturated rings. The van der Waals surface area contributed by atoms with Crippen molar-refractivity contribution in [1.82, 2.24) is 10.8 Å². The third kappa shape index (κ3) is 7.90. The Bertz CT molecular complexity index is 887. The van der Waals surface area contributed by atoms with Crippen LogP contribution in [0.4, 0.5) is 0 Å². The fourth-order valence-corrected chi connectivity index (χ4v) is 2.77. The monoisotopic (exact) mass is 428 g/mol. The van der Waals surface area contributed by atoms with Gasteiger partial charge in [-0.25, -0.2) is 10.3 Å². The van der Waals surface area contributed by atoms with E-state index in [4.69, 9.17) is 9.94 Å². The highest BCUT2D eigenvalue weighted by Gasteiger charge is 2.32. The predicted molar refractivity (Wildman–Crippen MR) is 109 cm³/mol. The van der Waals surface area contributed by atoms with Gasteiger partial charge >= 0.3 is 11.9 Å². The number of nitrogens with one attached hydrogen (secondary N) is 2. The largest absolute Gasteiger partial charge is 0.481 e. The summed E-state index contributed by atoms with van der Waals surface area (Å²) in [6.45, 7) is 0.0933. The highest BCUT2D eigenvalue weighted by molar-refractivity contribution is 6.01. The van der Waals surface area contributed by atoms with Gasteiger partial charge in [-0.3, -0.25) is 19.2 Å². The van der Waals surface area contributed by atoms with Gasteiger partial charge in [0, 0.05) is 0 Å². The second-order valence-electron chi connectivity index (χ2n) is 6.67. The SMILES string of the molecule is COC(=O)C(CC(=O)O)NC(=O)C(Cc1ccccc1)C(=O)NOCc1ccccc1. The van der Waals surface area contributed by atoms with Crippen LogP contribution in [0.5, 0.6) is 0 Å². The van der Waals surface area contributed by atoms with E-state index in [-0.39, 0.29) is 13.0 Å². The third-order valence-corrected chi connectivity index (χ3v) is 4.35. The summed E-state index contributed by atoms with van der Waals surface area (Å²) in [5.74, 6) is -5.03. The Morgan fingerprint density at radius 2 is 1.48 bits per heavy atom. The molecule has 164 valence electrons. The number of amides is 2. The molecule has 0 bridgehead atoms. The van der Waals surface area contributed by atoms with E-state index in [9.17, 15) is 19.2 Å². The molecule has 2 rings (SSSR count). The summed E-state index contributed by atoms with van der Waals surface area (Å²) in [5.41, 5.74) is 3.78. The summed E-state index contributed by atoms with van der Waals surface area (Å²) < 4.78 is 4.54. The zero-order valence-electron chi connectivity index (χ0n) is 16.9. The number of hydroxylamine groups is 1. The minimum Gasteiger partial charge on any atom is -0.481 e. The standard InChI is InChI=1S/C22H24N2O7/c1-30-22(29)18(13-19(25)26)23-20(27)17(12-15-8-4-2-5-9-15)21(28)24-31-14-16-10-6-3-7-11-16/h2-11,17-18H,12-14H2,1H3,(H,23,27)(H,24,28)(H,25,26). The number of carbonyl (C=O) groups excluding carboxylic acids is 3. The third-order valence-electron chi connectivity index (χ3n) is 4.35. The van der Waals surface area contributed by atoms with Crippen molar-refractivity contribution in [3.8, 4) is 0 Å². The maximum Gasteiger partial charge on any atom is 0.328 e. The number of aliphatic carboxylic acids is 1. The molecule has 2 aromatic carbocycles. The number of esters is 1. The van der Waals surface area contributed by atoms with Crippen LogP contribution in [-0.2, 0) is 41.8 Å². The molecule has 0 aliphatic heterocycles. The van der Waals surface area contributed by atoms with Crippen molar-refractivity contribution >= 4 is 23.8 Å². The van der Waals surface area contributed by atoms with Crippen molar-refractivity contribution < 1.29 is 33.9 Å². The first-order chi connectivity index (χ1) is 14.9. The second-order valence-corrected chi connectivity index (χ2v) is 6.67. The van der Waals surface area contributed by atoms with Crippen molar-refractivity contribution in [3.05, 3.63) is 71.8 Å². The molecule has 0 saturated carbocycles. The molecule has 2 atom stereocenters. The van der Waals surface area contributed by atoms with Gasteiger partial charge in [-0.05, 0) is 17.5 Å². The second kappa shape index (κ2) is 12.1. The van der Waals surface area contributed by atoms with E-state index in [0.717, 1.165) is 12.7 Å². The Balaban J connectivity index is 2.10. The molecular weight excluding hydrogens is 404 g/mol. The Kier molecular flexibility index (Phi) is 9.18. The van der Waals surface area contributed by atoms with Gasteiger partial charge in [0.25, 0.3) is 5.91 Å². The lowest BCUT2D eigenvalue weighted by Gasteiger charge is -2.20. The van der Waals surface area contributed by atoms with E-state index >= 15 is 0 Å². The van der Waals surface area contributed by atoms with Crippen molar-refractivity contribution in [2.45, 2.75) is 25.5 Å². The van der Waals surface area contributed by atoms with Gasteiger partial charge in [0.15, 0.2) is 0 Å². The predicted octanol–water partition coefficient (Wildman–Crippen LogP) is 1.23. The molecule has 0 heterocycles. The summed E-state index contributed by atoms with van der Waals surface area (Å²) in [6, 6.07) is 16.5. The van der Waals surface area contributed by atoms with Crippen molar-refractivity contribution in [1.29, 1.82) is 0 Å². The summed E-state index contributed by atoms with van der Waals surface area (Å²) in [7, 11) is 1.08. The van der Waals surface area contributed by atoms with E-state index in [1.807, 2.05) is 30.3 Å². The topological polar surface area (TPSA) is 131 Å². The fourth-order valence-electron chi connectivity index (χ4n) is 2.77. The van der Waals surface area contributed by atoms with Crippen LogP contribution in [0.25, 0.3) is 0 Å². The molecule has 0 aliphatic rings. The van der Waals surface area contributed by atoms with E-state index in [1.54, 1.807) is 30.3 Å². The molecular formula is C22H24N2O7. The first-order valence-corrected chi connectivity index (χ1v) is 9.50. The first-order valence-electron chi connectivity index (χ1n) is 9.50. The first kappa shape index (κ1) is 23.6. The van der Waals surface area contributed by atoms with Crippen molar-refractivity contribution in [2.24, 2.45) is 5.92 Å². The summed E-state index contributed by atoms with van der Waals surface area (Å²) in [5, 5.41) is 11.3. The van der Waals surface area contributed by atoms with Crippen LogP contribution < -0.4 is 10.8 Å². The Morgan fingerprint density at radius 3 is 2.03 bits per heavy atom. The van der Waals surface area contributed by atoms with Crippen molar-refractivity contribution in [2.75, 3.05) is 7.11 Å². The number of rotatable bonds is 11. The number of carboxylic acid groups (broad SMARTS) is 1. The smallest absolute Gasteiger partial charge is 0.328 e. The van der Waals surface area contributed by atoms with Crippen LogP contribution >= 0.6 is 0 Å². The van der Waals surface area contributed by atoms with Crippen LogP contribution in [0.15, 0.2) is 60.7 Å². The molecule has 0 aliphatic carbocycles. The molecule has 0 aromatic heterocycles. The number of benzene rings is 2. The maximum absolute atomic E-state index is 12.8. The Morgan fingerprint density at radius 1 is 0.903 bits per heavy atom. The quantitative estimate of drug-likeness (QED) is 0.279. The number of methoxy groups -OCH3 is 1. The lowest BCUT2D eigenvalue weighted by molar-refractivity contribution is -0.151. The lowest BCUT2D eigenvalue weighted by Crippen LogP contribution is -2.49. The minimum absolute atomic E-state index is 0.0220. The molecule has 0 saturated heterocycles. The Hall–Kier alpha value is -3.72. The lowest BCUT2D eigenvalue weighted by atomic mass is 9.97. The van der Waals surface area contributed by atoms with Gasteiger partial charge in [0.05, 0.1) is 20.1 Å². The molecule has 9 nitrogen and oxygen atoms in total. The fraction of sp³-hybridized carbons (Fsp3) is 0.273. The van der Waals surface area contributed by atoms with E-state index < -0.39 is 42.1 Å². The van der Waals surface area contributed by atoms with Crippen LogP contribution in [0.1, 0.15) is 17.5 Å². The number of ether oxygens (including phenoxy) is 1. The number of carbonyl (C=O) groups is 4. The van der Waals surface area contributed by atoms with Gasteiger partial charge < -0.3 is 15.2 Å². The van der Waals surface area contributed by atoms with Gasteiger partial charge in [-0.15, -0.1) is 0 Å². The molecule has 3 N–H and O–H groups in total. The molecule has 9 heteroatoms. The molecule has 0 radical (unpaired) electrons. The number of hydrogen-bond donors (Lipinski definition) is 3. The highest BCUT2D eigenvalue weighted by atomic mass is 16.6. The van der Waals surface area contributed by atoms with Crippen LogP contribution in [0.3, 0.4) is 0 Å². The van der Waals surface area contributed by atoms with Gasteiger partial charge in [0.1, 0.15) is 12.0 Å². The van der Waals surface area contributed by atoms with Gasteiger partial charge in [0.2, 0.25) is 5.91 Å². The average Bonchev–Trinajstić information content (AvgIpc) is 2.77. The normalized spacial score (nSPS) is 12.3. The summed E-state index contributed by atoms with van der Waals surface area (Å²) in [4.78, 5) is 53.6. The highest BCUT2D eigenvalue weighted by Crippen LogP contribution is 2.11. The van der Waals surface area contributed by atoms with Gasteiger partial charge in [-0.1, -0.05) is 60.7 Å². The van der Waals surface area contributed by atoms with E-state index in [2.05, 4.69) is 15.5 Å². The minimum atomic E-state index is -1.42. The Labute approximate surface area is 179 Å². The van der Waals surface area contributed by atoms with E-state index in [0.29, 0.717) is 5.56 Å². The maximum atomic E-state index is 12.8. The van der Waals surface area contributed by atoms with E-state index in [1.165, 1.54) is 0 Å². The number of hydrogen-bond acceptors (Lipinski definition) is 6. The summed E-state index contributed by atoms with van der Waals surface area (Å²) in [6.07, 6.45) is -0.656. The average molecular weight is 428 g/mol. The van der Waals surface area contributed by atoms with Crippen LogP contribution in [-0.4, -0.2) is 42.0 Å².